The molecule has 0 bridgehead atoms. The molecule has 2 unspecified atom stereocenters. The summed E-state index contributed by atoms with van der Waals surface area (Å²) in [6.45, 7) is 0.388. The number of carbonyl (C=O) groups is 1. The van der Waals surface area contributed by atoms with E-state index in [9.17, 15) is 14.9 Å². The molecular formula is C15H22ClN3O3. The molecule has 1 aliphatic carbocycles. The molecule has 1 aromatic rings. The van der Waals surface area contributed by atoms with Gasteiger partial charge >= 0.3 is 0 Å². The molecule has 22 heavy (non-hydrogen) atoms. The molecule has 7 heteroatoms. The summed E-state index contributed by atoms with van der Waals surface area (Å²) in [5.41, 5.74) is 6.94. The van der Waals surface area contributed by atoms with E-state index in [1.54, 1.807) is 12.1 Å². The number of hydrogen-bond acceptors (Lipinski definition) is 4. The minimum atomic E-state index is -0.438. The number of non-ortho nitro benzene ring substituents is 1. The van der Waals surface area contributed by atoms with Crippen molar-refractivity contribution in [1.29, 1.82) is 0 Å². The highest BCUT2D eigenvalue weighted by atomic mass is 35.5. The predicted molar refractivity (Wildman–Crippen MR) is 86.7 cm³/mol. The lowest BCUT2D eigenvalue weighted by atomic mass is 9.83. The Labute approximate surface area is 136 Å². The van der Waals surface area contributed by atoms with E-state index in [4.69, 9.17) is 5.73 Å². The first kappa shape index (κ1) is 18.4. The Kier molecular flexibility index (Phi) is 7.27. The number of rotatable bonds is 5. The van der Waals surface area contributed by atoms with E-state index in [0.717, 1.165) is 31.2 Å². The van der Waals surface area contributed by atoms with Crippen LogP contribution in [0.4, 0.5) is 5.69 Å². The van der Waals surface area contributed by atoms with E-state index in [1.807, 2.05) is 0 Å². The predicted octanol–water partition coefficient (Wildman–Crippen LogP) is 2.54. The lowest BCUT2D eigenvalue weighted by molar-refractivity contribution is -0.384. The first-order valence-corrected chi connectivity index (χ1v) is 7.32. The summed E-state index contributed by atoms with van der Waals surface area (Å²) in [5, 5.41) is 13.4. The standard InChI is InChI=1S/C15H21N3O3.ClH/c16-14-4-2-1-3-12(14)9-15(19)17-10-11-5-7-13(8-6-11)18(20)21;/h5-8,12,14H,1-4,9-10,16H2,(H,17,19);1H. The van der Waals surface area contributed by atoms with Gasteiger partial charge in [0, 0.05) is 31.1 Å². The van der Waals surface area contributed by atoms with Crippen molar-refractivity contribution in [3.8, 4) is 0 Å². The van der Waals surface area contributed by atoms with Crippen molar-refractivity contribution in [1.82, 2.24) is 5.32 Å². The summed E-state index contributed by atoms with van der Waals surface area (Å²) in [4.78, 5) is 22.0. The molecule has 2 atom stereocenters. The molecule has 1 amide bonds. The summed E-state index contributed by atoms with van der Waals surface area (Å²) < 4.78 is 0. The van der Waals surface area contributed by atoms with Gasteiger partial charge in [0.2, 0.25) is 5.91 Å². The van der Waals surface area contributed by atoms with Gasteiger partial charge in [0.05, 0.1) is 4.92 Å². The fraction of sp³-hybridized carbons (Fsp3) is 0.533. The van der Waals surface area contributed by atoms with Gasteiger partial charge in [-0.2, -0.15) is 0 Å². The fourth-order valence-corrected chi connectivity index (χ4v) is 2.74. The second kappa shape index (κ2) is 8.70. The van der Waals surface area contributed by atoms with E-state index in [0.29, 0.717) is 13.0 Å². The first-order valence-electron chi connectivity index (χ1n) is 7.32. The molecule has 2 rings (SSSR count). The second-order valence-corrected chi connectivity index (χ2v) is 5.61. The van der Waals surface area contributed by atoms with Crippen molar-refractivity contribution in [3.63, 3.8) is 0 Å². The zero-order valence-corrected chi connectivity index (χ0v) is 13.2. The zero-order chi connectivity index (χ0) is 15.2. The SMILES string of the molecule is Cl.NC1CCCCC1CC(=O)NCc1ccc([N+](=O)[O-])cc1. The molecule has 0 aliphatic heterocycles. The number of benzene rings is 1. The Hall–Kier alpha value is -1.66. The molecule has 122 valence electrons. The number of nitrogens with one attached hydrogen (secondary N) is 1. The number of carbonyl (C=O) groups excluding carboxylic acids is 1. The smallest absolute Gasteiger partial charge is 0.269 e. The van der Waals surface area contributed by atoms with Crippen LogP contribution in [0, 0.1) is 16.0 Å². The number of nitrogens with two attached hydrogens (primary N) is 1. The van der Waals surface area contributed by atoms with Crippen molar-refractivity contribution in [3.05, 3.63) is 39.9 Å². The van der Waals surface area contributed by atoms with Crippen LogP contribution in [-0.4, -0.2) is 16.9 Å². The van der Waals surface area contributed by atoms with Crippen molar-refractivity contribution < 1.29 is 9.72 Å². The van der Waals surface area contributed by atoms with Crippen molar-refractivity contribution in [2.75, 3.05) is 0 Å². The highest BCUT2D eigenvalue weighted by Crippen LogP contribution is 2.25. The van der Waals surface area contributed by atoms with Gasteiger partial charge in [0.15, 0.2) is 0 Å². The van der Waals surface area contributed by atoms with Crippen LogP contribution < -0.4 is 11.1 Å². The second-order valence-electron chi connectivity index (χ2n) is 5.61. The van der Waals surface area contributed by atoms with E-state index in [1.165, 1.54) is 12.1 Å². The maximum atomic E-state index is 11.9. The van der Waals surface area contributed by atoms with Crippen molar-refractivity contribution in [2.45, 2.75) is 44.7 Å². The van der Waals surface area contributed by atoms with E-state index >= 15 is 0 Å². The Morgan fingerprint density at radius 3 is 2.50 bits per heavy atom. The highest BCUT2D eigenvalue weighted by Gasteiger charge is 2.23. The minimum Gasteiger partial charge on any atom is -0.352 e. The van der Waals surface area contributed by atoms with Gasteiger partial charge < -0.3 is 11.1 Å². The van der Waals surface area contributed by atoms with Crippen LogP contribution in [0.3, 0.4) is 0 Å². The molecule has 0 heterocycles. The van der Waals surface area contributed by atoms with E-state index in [2.05, 4.69) is 5.32 Å². The van der Waals surface area contributed by atoms with Gasteiger partial charge in [-0.25, -0.2) is 0 Å². The summed E-state index contributed by atoms with van der Waals surface area (Å²) in [5.74, 6) is 0.270. The van der Waals surface area contributed by atoms with Gasteiger partial charge in [0.1, 0.15) is 0 Å². The number of nitrogens with zero attached hydrogens (tertiary/aromatic N) is 1. The fourth-order valence-electron chi connectivity index (χ4n) is 2.74. The van der Waals surface area contributed by atoms with Crippen LogP contribution in [0.2, 0.25) is 0 Å². The third kappa shape index (κ3) is 5.27. The lowest BCUT2D eigenvalue weighted by Crippen LogP contribution is -2.36. The molecule has 1 aliphatic rings. The third-order valence-electron chi connectivity index (χ3n) is 4.05. The van der Waals surface area contributed by atoms with Gasteiger partial charge in [-0.15, -0.1) is 12.4 Å². The summed E-state index contributed by atoms with van der Waals surface area (Å²) in [7, 11) is 0. The maximum Gasteiger partial charge on any atom is 0.269 e. The molecule has 0 saturated heterocycles. The van der Waals surface area contributed by atoms with Gasteiger partial charge in [0.25, 0.3) is 5.69 Å². The zero-order valence-electron chi connectivity index (χ0n) is 12.4. The lowest BCUT2D eigenvalue weighted by Gasteiger charge is -2.27. The molecule has 0 spiro atoms. The molecule has 1 saturated carbocycles. The van der Waals surface area contributed by atoms with E-state index in [-0.39, 0.29) is 36.0 Å². The average molecular weight is 328 g/mol. The number of halogens is 1. The van der Waals surface area contributed by atoms with Crippen LogP contribution in [-0.2, 0) is 11.3 Å². The largest absolute Gasteiger partial charge is 0.352 e. The summed E-state index contributed by atoms with van der Waals surface area (Å²) >= 11 is 0. The van der Waals surface area contributed by atoms with Crippen molar-refractivity contribution >= 4 is 24.0 Å². The Morgan fingerprint density at radius 2 is 1.91 bits per heavy atom. The molecular weight excluding hydrogens is 306 g/mol. The van der Waals surface area contributed by atoms with Crippen LogP contribution in [0.15, 0.2) is 24.3 Å². The average Bonchev–Trinajstić information content (AvgIpc) is 2.48. The summed E-state index contributed by atoms with van der Waals surface area (Å²) in [6, 6.07) is 6.33. The molecule has 1 fully saturated rings. The Bertz CT molecular complexity index is 507. The number of nitro groups is 1. The maximum absolute atomic E-state index is 11.9. The van der Waals surface area contributed by atoms with E-state index < -0.39 is 4.92 Å². The van der Waals surface area contributed by atoms with Crippen molar-refractivity contribution in [2.24, 2.45) is 11.7 Å². The van der Waals surface area contributed by atoms with Gasteiger partial charge in [-0.05, 0) is 24.3 Å². The normalized spacial score (nSPS) is 20.8. The highest BCUT2D eigenvalue weighted by molar-refractivity contribution is 5.85. The monoisotopic (exact) mass is 327 g/mol. The Morgan fingerprint density at radius 1 is 1.27 bits per heavy atom. The molecule has 6 nitrogen and oxygen atoms in total. The molecule has 1 aromatic carbocycles. The quantitative estimate of drug-likeness (QED) is 0.641. The Balaban J connectivity index is 0.00000242. The number of nitro benzene ring substituents is 1. The van der Waals surface area contributed by atoms with Gasteiger partial charge in [-0.1, -0.05) is 25.0 Å². The third-order valence-corrected chi connectivity index (χ3v) is 4.05. The van der Waals surface area contributed by atoms with Crippen LogP contribution >= 0.6 is 12.4 Å². The molecule has 3 N–H and O–H groups in total. The minimum absolute atomic E-state index is 0. The number of hydrogen-bond donors (Lipinski definition) is 2. The van der Waals surface area contributed by atoms with Gasteiger partial charge in [-0.3, -0.25) is 14.9 Å². The molecule has 0 aromatic heterocycles. The van der Waals surface area contributed by atoms with Crippen LogP contribution in [0.1, 0.15) is 37.7 Å². The topological polar surface area (TPSA) is 98.3 Å². The molecule has 0 radical (unpaired) electrons. The van der Waals surface area contributed by atoms with Crippen LogP contribution in [0.5, 0.6) is 0 Å². The first-order chi connectivity index (χ1) is 10.1. The van der Waals surface area contributed by atoms with Crippen LogP contribution in [0.25, 0.3) is 0 Å². The number of amides is 1. The summed E-state index contributed by atoms with van der Waals surface area (Å²) in [6.07, 6.45) is 4.79.